The highest BCUT2D eigenvalue weighted by molar-refractivity contribution is 5.76. The van der Waals surface area contributed by atoms with Crippen molar-refractivity contribution in [1.82, 2.24) is 4.90 Å². The Hall–Kier alpha value is -2.53. The Balaban J connectivity index is 1.92. The van der Waals surface area contributed by atoms with E-state index in [1.165, 1.54) is 0 Å². The normalized spacial score (nSPS) is 11.7. The number of aliphatic hydroxyl groups excluding tert-OH is 1. The van der Waals surface area contributed by atoms with E-state index in [0.717, 1.165) is 5.56 Å². The van der Waals surface area contributed by atoms with E-state index in [0.29, 0.717) is 29.9 Å². The Morgan fingerprint density at radius 1 is 1.08 bits per heavy atom. The molecule has 0 bridgehead atoms. The van der Waals surface area contributed by atoms with Crippen molar-refractivity contribution >= 4 is 5.91 Å². The summed E-state index contributed by atoms with van der Waals surface area (Å²) < 4.78 is 10.4. The van der Waals surface area contributed by atoms with Gasteiger partial charge in [-0.05, 0) is 29.7 Å². The molecule has 1 unspecified atom stereocenters. The quantitative estimate of drug-likeness (QED) is 0.801. The summed E-state index contributed by atoms with van der Waals surface area (Å²) in [5, 5.41) is 10.4. The maximum Gasteiger partial charge on any atom is 0.222 e. The van der Waals surface area contributed by atoms with E-state index >= 15 is 0 Å². The number of hydrogen-bond acceptors (Lipinski definition) is 4. The summed E-state index contributed by atoms with van der Waals surface area (Å²) in [4.78, 5) is 13.8. The molecule has 0 fully saturated rings. The molecule has 0 saturated heterocycles. The number of hydrogen-bond donors (Lipinski definition) is 1. The van der Waals surface area contributed by atoms with Crippen molar-refractivity contribution in [3.05, 3.63) is 59.7 Å². The second-order valence-electron chi connectivity index (χ2n) is 5.89. The van der Waals surface area contributed by atoms with Crippen LogP contribution in [0.5, 0.6) is 11.5 Å². The van der Waals surface area contributed by atoms with E-state index in [1.54, 1.807) is 44.4 Å². The minimum Gasteiger partial charge on any atom is -0.493 e. The Kier molecular flexibility index (Phi) is 6.83. The number of ether oxygens (including phenoxy) is 2. The summed E-state index contributed by atoms with van der Waals surface area (Å²) in [6.45, 7) is 0.225. The number of carbonyl (C=O) groups excluding carboxylic acids is 1. The van der Waals surface area contributed by atoms with Gasteiger partial charge in [-0.2, -0.15) is 0 Å². The summed E-state index contributed by atoms with van der Waals surface area (Å²) >= 11 is 0. The fraction of sp³-hybridized carbons (Fsp3) is 0.350. The Morgan fingerprint density at radius 2 is 1.76 bits per heavy atom. The molecule has 0 aliphatic heterocycles. The maximum absolute atomic E-state index is 12.3. The molecule has 5 heteroatoms. The molecule has 0 aliphatic carbocycles. The predicted molar refractivity (Wildman–Crippen MR) is 96.9 cm³/mol. The van der Waals surface area contributed by atoms with Crippen molar-refractivity contribution in [3.8, 4) is 11.5 Å². The highest BCUT2D eigenvalue weighted by Crippen LogP contribution is 2.30. The second-order valence-corrected chi connectivity index (χ2v) is 5.89. The first-order valence-corrected chi connectivity index (χ1v) is 8.23. The van der Waals surface area contributed by atoms with Crippen LogP contribution in [0.2, 0.25) is 0 Å². The Morgan fingerprint density at radius 3 is 2.40 bits per heavy atom. The molecule has 1 atom stereocenters. The largest absolute Gasteiger partial charge is 0.493 e. The molecule has 0 aromatic heterocycles. The van der Waals surface area contributed by atoms with Gasteiger partial charge in [0.25, 0.3) is 0 Å². The number of nitrogens with zero attached hydrogens (tertiary/aromatic N) is 1. The van der Waals surface area contributed by atoms with E-state index in [9.17, 15) is 9.90 Å². The summed E-state index contributed by atoms with van der Waals surface area (Å²) in [6, 6.07) is 15.1. The van der Waals surface area contributed by atoms with Crippen molar-refractivity contribution in [3.63, 3.8) is 0 Å². The summed E-state index contributed by atoms with van der Waals surface area (Å²) in [5.41, 5.74) is 1.81. The van der Waals surface area contributed by atoms with Gasteiger partial charge in [-0.1, -0.05) is 36.4 Å². The van der Waals surface area contributed by atoms with Gasteiger partial charge >= 0.3 is 0 Å². The summed E-state index contributed by atoms with van der Waals surface area (Å²) in [5.74, 6) is 1.16. The van der Waals surface area contributed by atoms with Crippen LogP contribution in [0, 0.1) is 0 Å². The molecule has 0 aliphatic rings. The molecule has 0 radical (unpaired) electrons. The molecule has 2 aromatic carbocycles. The molecule has 5 nitrogen and oxygen atoms in total. The first-order valence-electron chi connectivity index (χ1n) is 8.23. The van der Waals surface area contributed by atoms with Gasteiger partial charge in [0, 0.05) is 13.5 Å². The molecular weight excluding hydrogens is 318 g/mol. The SMILES string of the molecule is COc1ccc(C(O)CN(C)C(=O)CCc2ccccc2)cc1OC. The van der Waals surface area contributed by atoms with Gasteiger partial charge in [0.2, 0.25) is 5.91 Å². The Bertz CT molecular complexity index is 687. The van der Waals surface area contributed by atoms with Gasteiger partial charge in [-0.15, -0.1) is 0 Å². The van der Waals surface area contributed by atoms with Crippen LogP contribution in [0.3, 0.4) is 0 Å². The average molecular weight is 343 g/mol. The smallest absolute Gasteiger partial charge is 0.222 e. The number of aliphatic hydroxyl groups is 1. The van der Waals surface area contributed by atoms with E-state index < -0.39 is 6.10 Å². The number of rotatable bonds is 8. The fourth-order valence-corrected chi connectivity index (χ4v) is 2.61. The fourth-order valence-electron chi connectivity index (χ4n) is 2.61. The third-order valence-corrected chi connectivity index (χ3v) is 4.14. The zero-order valence-electron chi connectivity index (χ0n) is 14.9. The Labute approximate surface area is 148 Å². The van der Waals surface area contributed by atoms with Gasteiger partial charge in [-0.3, -0.25) is 4.79 Å². The van der Waals surface area contributed by atoms with E-state index in [2.05, 4.69) is 0 Å². The number of likely N-dealkylation sites (N-methyl/N-ethyl adjacent to an activating group) is 1. The molecule has 134 valence electrons. The molecule has 2 aromatic rings. The maximum atomic E-state index is 12.3. The van der Waals surface area contributed by atoms with Crippen LogP contribution in [0.1, 0.15) is 23.7 Å². The molecule has 1 amide bonds. The molecule has 2 rings (SSSR count). The average Bonchev–Trinajstić information content (AvgIpc) is 2.66. The van der Waals surface area contributed by atoms with Crippen LogP contribution < -0.4 is 9.47 Å². The number of aryl methyl sites for hydroxylation is 1. The van der Waals surface area contributed by atoms with Crippen molar-refractivity contribution in [2.45, 2.75) is 18.9 Å². The highest BCUT2D eigenvalue weighted by atomic mass is 16.5. The first-order chi connectivity index (χ1) is 12.0. The molecule has 0 heterocycles. The standard InChI is InChI=1S/C20H25NO4/c1-21(20(23)12-9-15-7-5-4-6-8-15)14-17(22)16-10-11-18(24-2)19(13-16)25-3/h4-8,10-11,13,17,22H,9,12,14H2,1-3H3. The highest BCUT2D eigenvalue weighted by Gasteiger charge is 2.17. The van der Waals surface area contributed by atoms with Crippen LogP contribution in [-0.4, -0.2) is 43.7 Å². The second kappa shape index (κ2) is 9.08. The molecular formula is C20H25NO4. The lowest BCUT2D eigenvalue weighted by molar-refractivity contribution is -0.131. The predicted octanol–water partition coefficient (Wildman–Crippen LogP) is 2.83. The van der Waals surface area contributed by atoms with Crippen LogP contribution in [0.4, 0.5) is 0 Å². The number of benzene rings is 2. The van der Waals surface area contributed by atoms with Crippen molar-refractivity contribution < 1.29 is 19.4 Å². The van der Waals surface area contributed by atoms with Crippen molar-refractivity contribution in [2.24, 2.45) is 0 Å². The van der Waals surface area contributed by atoms with E-state index in [4.69, 9.17) is 9.47 Å². The van der Waals surface area contributed by atoms with E-state index in [1.807, 2.05) is 30.3 Å². The van der Waals surface area contributed by atoms with Crippen LogP contribution >= 0.6 is 0 Å². The van der Waals surface area contributed by atoms with Gasteiger partial charge in [0.15, 0.2) is 11.5 Å². The van der Waals surface area contributed by atoms with Crippen molar-refractivity contribution in [1.29, 1.82) is 0 Å². The third kappa shape index (κ3) is 5.22. The molecule has 1 N–H and O–H groups in total. The third-order valence-electron chi connectivity index (χ3n) is 4.14. The minimum atomic E-state index is -0.787. The summed E-state index contributed by atoms with van der Waals surface area (Å²) in [6.07, 6.45) is 0.320. The van der Waals surface area contributed by atoms with Crippen LogP contribution in [0.25, 0.3) is 0 Å². The first kappa shape index (κ1) is 18.8. The number of carbonyl (C=O) groups is 1. The molecule has 0 saturated carbocycles. The molecule has 0 spiro atoms. The lowest BCUT2D eigenvalue weighted by Crippen LogP contribution is -2.31. The van der Waals surface area contributed by atoms with Crippen LogP contribution in [-0.2, 0) is 11.2 Å². The zero-order chi connectivity index (χ0) is 18.2. The lowest BCUT2D eigenvalue weighted by Gasteiger charge is -2.22. The topological polar surface area (TPSA) is 59.0 Å². The monoisotopic (exact) mass is 343 g/mol. The minimum absolute atomic E-state index is 0.00313. The van der Waals surface area contributed by atoms with Crippen LogP contribution in [0.15, 0.2) is 48.5 Å². The number of amides is 1. The van der Waals surface area contributed by atoms with Gasteiger partial charge in [0.05, 0.1) is 26.9 Å². The van der Waals surface area contributed by atoms with Gasteiger partial charge in [-0.25, -0.2) is 0 Å². The zero-order valence-corrected chi connectivity index (χ0v) is 14.9. The van der Waals surface area contributed by atoms with Crippen molar-refractivity contribution in [2.75, 3.05) is 27.8 Å². The molecule has 25 heavy (non-hydrogen) atoms. The number of methoxy groups -OCH3 is 2. The van der Waals surface area contributed by atoms with Gasteiger partial charge in [0.1, 0.15) is 0 Å². The summed E-state index contributed by atoms with van der Waals surface area (Å²) in [7, 11) is 4.82. The van der Waals surface area contributed by atoms with E-state index in [-0.39, 0.29) is 12.5 Å². The van der Waals surface area contributed by atoms with Gasteiger partial charge < -0.3 is 19.5 Å². The lowest BCUT2D eigenvalue weighted by atomic mass is 10.1.